The number of aliphatic hydroxyl groups is 3. The van der Waals surface area contributed by atoms with E-state index >= 15 is 0 Å². The number of nitrogens with two attached hydrogens (primary N) is 1. The quantitative estimate of drug-likeness (QED) is 0.204. The van der Waals surface area contributed by atoms with Crippen molar-refractivity contribution in [1.82, 2.24) is 10.2 Å². The maximum absolute atomic E-state index is 13.7. The van der Waals surface area contributed by atoms with Crippen LogP contribution < -0.4 is 11.1 Å². The van der Waals surface area contributed by atoms with Crippen molar-refractivity contribution >= 4 is 23.5 Å². The highest BCUT2D eigenvalue weighted by atomic mass is 16.5. The first-order valence-electron chi connectivity index (χ1n) is 12.3. The molecule has 0 radical (unpaired) electrons. The molecule has 11 nitrogen and oxygen atoms in total. The van der Waals surface area contributed by atoms with Crippen LogP contribution in [0.3, 0.4) is 0 Å². The van der Waals surface area contributed by atoms with E-state index < -0.39 is 58.0 Å². The summed E-state index contributed by atoms with van der Waals surface area (Å²) in [5.74, 6) is -6.65. The van der Waals surface area contributed by atoms with E-state index in [9.17, 15) is 34.8 Å². The van der Waals surface area contributed by atoms with Crippen molar-refractivity contribution in [2.24, 2.45) is 17.6 Å². The van der Waals surface area contributed by atoms with Crippen LogP contribution in [-0.4, -0.2) is 95.3 Å². The lowest BCUT2D eigenvalue weighted by atomic mass is 9.58. The lowest BCUT2D eigenvalue weighted by molar-refractivity contribution is -0.148. The number of primary amides is 1. The number of allylic oxidation sites excluding steroid dienone is 1. The van der Waals surface area contributed by atoms with Crippen LogP contribution in [0.5, 0.6) is 5.75 Å². The summed E-state index contributed by atoms with van der Waals surface area (Å²) in [7, 11) is 4.80. The van der Waals surface area contributed by atoms with Crippen LogP contribution in [0.1, 0.15) is 27.9 Å². The third-order valence-corrected chi connectivity index (χ3v) is 7.68. The molecule has 1 aromatic carbocycles. The van der Waals surface area contributed by atoms with E-state index in [-0.39, 0.29) is 29.7 Å². The summed E-state index contributed by atoms with van der Waals surface area (Å²) in [6.07, 6.45) is 3.99. The van der Waals surface area contributed by atoms with E-state index in [4.69, 9.17) is 10.5 Å². The normalized spacial score (nSPS) is 27.1. The summed E-state index contributed by atoms with van der Waals surface area (Å²) in [5.41, 5.74) is 2.97. The Morgan fingerprint density at radius 3 is 2.61 bits per heavy atom. The smallest absolute Gasteiger partial charge is 0.255 e. The van der Waals surface area contributed by atoms with Gasteiger partial charge in [-0.3, -0.25) is 19.3 Å². The second kappa shape index (κ2) is 10.3. The van der Waals surface area contributed by atoms with Gasteiger partial charge in [0.1, 0.15) is 22.8 Å². The van der Waals surface area contributed by atoms with Crippen molar-refractivity contribution < 1.29 is 39.5 Å². The van der Waals surface area contributed by atoms with E-state index in [1.54, 1.807) is 27.3 Å². The predicted molar refractivity (Wildman–Crippen MR) is 137 cm³/mol. The Labute approximate surface area is 219 Å². The van der Waals surface area contributed by atoms with Gasteiger partial charge in [0, 0.05) is 31.7 Å². The molecule has 0 aliphatic heterocycles. The van der Waals surface area contributed by atoms with Gasteiger partial charge >= 0.3 is 0 Å². The molecular formula is C27H33N3O8. The molecule has 1 aromatic rings. The van der Waals surface area contributed by atoms with Gasteiger partial charge in [0.15, 0.2) is 11.4 Å². The summed E-state index contributed by atoms with van der Waals surface area (Å²) in [5, 5.41) is 47.6. The second-order valence-corrected chi connectivity index (χ2v) is 10.1. The van der Waals surface area contributed by atoms with Gasteiger partial charge in [-0.2, -0.15) is 0 Å². The minimum atomic E-state index is -2.65. The molecule has 7 N–H and O–H groups in total. The van der Waals surface area contributed by atoms with E-state index in [2.05, 4.69) is 5.32 Å². The largest absolute Gasteiger partial charge is 0.510 e. The fraction of sp³-hybridized carbons (Fsp3) is 0.444. The lowest BCUT2D eigenvalue weighted by Crippen LogP contribution is -2.63. The fourth-order valence-electron chi connectivity index (χ4n) is 5.98. The van der Waals surface area contributed by atoms with Crippen LogP contribution in [-0.2, 0) is 20.7 Å². The SMILES string of the molecule is COCCNC/C=C/c1ccc(O)c2c1C[C@H]1C[C@H]3[C@H](N(C)C)C(O)=C(C(N)=O)C(=O)[C@@]3(O)C(O)=C1C2=O. The Morgan fingerprint density at radius 2 is 1.97 bits per heavy atom. The van der Waals surface area contributed by atoms with Crippen molar-refractivity contribution in [2.45, 2.75) is 24.5 Å². The van der Waals surface area contributed by atoms with Gasteiger partial charge in [-0.05, 0) is 50.0 Å². The molecule has 204 valence electrons. The van der Waals surface area contributed by atoms with Crippen LogP contribution in [0.15, 0.2) is 40.9 Å². The van der Waals surface area contributed by atoms with E-state index in [1.807, 2.05) is 12.2 Å². The summed E-state index contributed by atoms with van der Waals surface area (Å²) >= 11 is 0. The number of phenols is 1. The van der Waals surface area contributed by atoms with E-state index in [0.717, 1.165) is 0 Å². The summed E-state index contributed by atoms with van der Waals surface area (Å²) in [6, 6.07) is 2.05. The van der Waals surface area contributed by atoms with Crippen molar-refractivity contribution in [1.29, 1.82) is 0 Å². The number of fused-ring (bicyclic) bond motifs is 3. The van der Waals surface area contributed by atoms with E-state index in [0.29, 0.717) is 30.8 Å². The first kappa shape index (κ1) is 27.5. The lowest BCUT2D eigenvalue weighted by Gasteiger charge is -2.50. The zero-order chi connectivity index (χ0) is 27.9. The molecule has 4 atom stereocenters. The number of nitrogens with one attached hydrogen (secondary N) is 1. The molecule has 0 unspecified atom stereocenters. The highest BCUT2D eigenvalue weighted by Gasteiger charge is 2.63. The number of hydrogen-bond donors (Lipinski definition) is 6. The van der Waals surface area contributed by atoms with E-state index in [1.165, 1.54) is 11.0 Å². The number of ketones is 2. The number of hydrogen-bond acceptors (Lipinski definition) is 10. The molecule has 0 spiro atoms. The molecule has 1 amide bonds. The van der Waals surface area contributed by atoms with Gasteiger partial charge in [0.2, 0.25) is 5.78 Å². The van der Waals surface area contributed by atoms with Crippen LogP contribution in [0.4, 0.5) is 0 Å². The number of carbonyl (C=O) groups is 3. The predicted octanol–water partition coefficient (Wildman–Crippen LogP) is 0.370. The van der Waals surface area contributed by atoms with Crippen LogP contribution in [0.2, 0.25) is 0 Å². The van der Waals surface area contributed by atoms with Crippen molar-refractivity contribution in [2.75, 3.05) is 40.9 Å². The van der Waals surface area contributed by atoms with Crippen molar-refractivity contribution in [3.05, 3.63) is 57.6 Å². The first-order valence-corrected chi connectivity index (χ1v) is 12.3. The molecule has 0 heterocycles. The molecule has 38 heavy (non-hydrogen) atoms. The number of carbonyl (C=O) groups excluding carboxylic acids is 3. The van der Waals surface area contributed by atoms with Gasteiger partial charge in [-0.25, -0.2) is 0 Å². The number of methoxy groups -OCH3 is 1. The van der Waals surface area contributed by atoms with Crippen molar-refractivity contribution in [3.8, 4) is 5.75 Å². The van der Waals surface area contributed by atoms with Gasteiger partial charge < -0.3 is 36.2 Å². The molecular weight excluding hydrogens is 494 g/mol. The molecule has 0 saturated heterocycles. The Balaban J connectivity index is 1.80. The number of nitrogens with zero attached hydrogens (tertiary/aromatic N) is 1. The average Bonchev–Trinajstić information content (AvgIpc) is 2.84. The Morgan fingerprint density at radius 1 is 1.26 bits per heavy atom. The number of ether oxygens (including phenoxy) is 1. The van der Waals surface area contributed by atoms with Gasteiger partial charge in [0.05, 0.1) is 18.2 Å². The number of rotatable bonds is 8. The summed E-state index contributed by atoms with van der Waals surface area (Å²) in [6.45, 7) is 1.78. The standard InChI is InChI=1S/C27H33N3O8/c1-30(2)21-16-12-14-11-15-13(5-4-8-29-9-10-38-3)6-7-17(31)19(15)22(32)18(14)24(34)27(16,37)25(35)20(23(21)33)26(28)36/h4-7,14,16,21,29,31,33-34,37H,8-12H2,1-3H3,(H2,28,36)/b5-4+/t14-,16-,21-,27-/m0/s1. The molecule has 4 rings (SSSR count). The zero-order valence-electron chi connectivity index (χ0n) is 21.5. The number of amides is 1. The number of phenolic OH excluding ortho intramolecular Hbond substituents is 1. The average molecular weight is 528 g/mol. The Hall–Kier alpha value is -3.51. The van der Waals surface area contributed by atoms with Gasteiger partial charge in [-0.1, -0.05) is 18.2 Å². The topological polar surface area (TPSA) is 183 Å². The second-order valence-electron chi connectivity index (χ2n) is 10.1. The number of aliphatic hydroxyl groups excluding tert-OH is 2. The Bertz CT molecular complexity index is 1280. The first-order chi connectivity index (χ1) is 18.0. The van der Waals surface area contributed by atoms with Gasteiger partial charge in [0.25, 0.3) is 5.91 Å². The zero-order valence-corrected chi connectivity index (χ0v) is 21.5. The third kappa shape index (κ3) is 4.21. The van der Waals surface area contributed by atoms with Crippen molar-refractivity contribution in [3.63, 3.8) is 0 Å². The highest BCUT2D eigenvalue weighted by molar-refractivity contribution is 6.24. The summed E-state index contributed by atoms with van der Waals surface area (Å²) < 4.78 is 5.00. The highest BCUT2D eigenvalue weighted by Crippen LogP contribution is 2.52. The minimum Gasteiger partial charge on any atom is -0.510 e. The molecule has 0 bridgehead atoms. The molecule has 3 aliphatic rings. The summed E-state index contributed by atoms with van der Waals surface area (Å²) in [4.78, 5) is 40.6. The van der Waals surface area contributed by atoms with Gasteiger partial charge in [-0.15, -0.1) is 0 Å². The molecule has 0 fully saturated rings. The Kier molecular flexibility index (Phi) is 7.48. The maximum Gasteiger partial charge on any atom is 0.255 e. The number of aromatic hydroxyl groups is 1. The molecule has 3 aliphatic carbocycles. The molecule has 0 saturated carbocycles. The molecule has 11 heteroatoms. The van der Waals surface area contributed by atoms with Crippen LogP contribution in [0, 0.1) is 11.8 Å². The monoisotopic (exact) mass is 527 g/mol. The van der Waals surface area contributed by atoms with Crippen LogP contribution in [0.25, 0.3) is 6.08 Å². The molecule has 0 aromatic heterocycles. The number of benzene rings is 1. The number of likely N-dealkylation sites (N-methyl/N-ethyl adjacent to an activating group) is 1. The van der Waals surface area contributed by atoms with Crippen LogP contribution >= 0.6 is 0 Å². The third-order valence-electron chi connectivity index (χ3n) is 7.68. The minimum absolute atomic E-state index is 0.0136. The number of Topliss-reactive ketones (excluding diaryl/α,β-unsaturated/α-hetero) is 2. The maximum atomic E-state index is 13.7. The fourth-order valence-corrected chi connectivity index (χ4v) is 5.98.